The van der Waals surface area contributed by atoms with Gasteiger partial charge in [0, 0.05) is 91.9 Å². The van der Waals surface area contributed by atoms with E-state index >= 15 is 0 Å². The second-order valence-corrected chi connectivity index (χ2v) is 32.1. The summed E-state index contributed by atoms with van der Waals surface area (Å²) in [5, 5.41) is 111. The largest absolute Gasteiger partial charge is 0.481 e. The van der Waals surface area contributed by atoms with E-state index in [-0.39, 0.29) is 110 Å². The Morgan fingerprint density at radius 1 is 0.382 bits per heavy atom. The number of rotatable bonds is 46. The first-order valence-corrected chi connectivity index (χ1v) is 46.6. The molecular weight excluding hydrogens is 1740 g/mol. The average Bonchev–Trinajstić information content (AvgIpc) is 0.780. The molecule has 0 radical (unpaired) electrons. The number of benzene rings is 4. The maximum absolute atomic E-state index is 9.13. The van der Waals surface area contributed by atoms with Crippen molar-refractivity contribution in [2.45, 2.75) is 154 Å². The third-order valence-corrected chi connectivity index (χ3v) is 19.8. The summed E-state index contributed by atoms with van der Waals surface area (Å²) in [6.07, 6.45) is 79.3. The summed E-state index contributed by atoms with van der Waals surface area (Å²) in [5.41, 5.74) is 5.84. The monoisotopic (exact) mass is 1880 g/mol. The average molecular weight is 1890 g/mol. The Kier molecular flexibility index (Phi) is 117. The van der Waals surface area contributed by atoms with Gasteiger partial charge in [0.25, 0.3) is 0 Å². The van der Waals surface area contributed by atoms with E-state index in [1.807, 2.05) is 100 Å². The zero-order valence-corrected chi connectivity index (χ0v) is 81.3. The van der Waals surface area contributed by atoms with E-state index in [9.17, 15) is 0 Å². The number of nitrogens with zero attached hydrogens (tertiary/aromatic N) is 4. The lowest BCUT2D eigenvalue weighted by Crippen LogP contribution is -2.58. The normalized spacial score (nSPS) is 11.0. The molecule has 0 bridgehead atoms. The Balaban J connectivity index is -0.000000214. The molecule has 0 aromatic heterocycles. The minimum absolute atomic E-state index is 0.00870. The Morgan fingerprint density at radius 2 is 0.817 bits per heavy atom. The zero-order valence-electron chi connectivity index (χ0n) is 78.0. The fourth-order valence-electron chi connectivity index (χ4n) is 9.08. The van der Waals surface area contributed by atoms with Crippen molar-refractivity contribution in [1.29, 1.82) is 0 Å². The Hall–Kier alpha value is -9.12. The third kappa shape index (κ3) is 98.2. The molecule has 1 unspecified atom stereocenters. The number of likely N-dealkylation sites (N-methyl/N-ethyl adjacent to an activating group) is 1. The van der Waals surface area contributed by atoms with Crippen LogP contribution in [0.3, 0.4) is 0 Å². The van der Waals surface area contributed by atoms with E-state index < -0.39 is 0 Å². The lowest BCUT2D eigenvalue weighted by atomic mass is 9.82. The molecule has 1 aliphatic heterocycles. The van der Waals surface area contributed by atoms with Crippen molar-refractivity contribution in [3.05, 3.63) is 125 Å². The molecule has 4 aromatic rings. The van der Waals surface area contributed by atoms with Gasteiger partial charge in [-0.2, -0.15) is 5.06 Å². The van der Waals surface area contributed by atoms with Crippen LogP contribution in [0.2, 0.25) is 0 Å². The number of terminal acetylenes is 14. The molecule has 13 N–H and O–H groups in total. The second-order valence-electron chi connectivity index (χ2n) is 27.0. The van der Waals surface area contributed by atoms with E-state index in [1.165, 1.54) is 11.3 Å². The molecule has 131 heavy (non-hydrogen) atoms. The van der Waals surface area contributed by atoms with Gasteiger partial charge in [0.1, 0.15) is 44.9 Å². The quantitative estimate of drug-likeness (QED) is 0.0111. The van der Waals surface area contributed by atoms with Gasteiger partial charge < -0.3 is 95.0 Å². The highest BCUT2D eigenvalue weighted by atomic mass is 33.1. The molecular formula is C104H148N4O19S4. The van der Waals surface area contributed by atoms with Crippen LogP contribution in [0.1, 0.15) is 139 Å². The smallest absolute Gasteiger partial charge is 0.148 e. The lowest BCUT2D eigenvalue weighted by Gasteiger charge is -2.52. The van der Waals surface area contributed by atoms with E-state index in [1.54, 1.807) is 67.4 Å². The summed E-state index contributed by atoms with van der Waals surface area (Å²) in [6, 6.07) is 30.5. The maximum atomic E-state index is 9.13. The van der Waals surface area contributed by atoms with Crippen LogP contribution in [-0.2, 0) is 50.2 Å². The van der Waals surface area contributed by atoms with Crippen molar-refractivity contribution in [3.63, 3.8) is 0 Å². The first-order chi connectivity index (χ1) is 63.4. The van der Waals surface area contributed by atoms with Crippen molar-refractivity contribution < 1.29 is 94.9 Å². The molecule has 1 atom stereocenters. The van der Waals surface area contributed by atoms with Gasteiger partial charge in [-0.25, -0.2) is 0 Å². The van der Waals surface area contributed by atoms with E-state index in [0.717, 1.165) is 108 Å². The number of aliphatic hydroxyl groups excluding tert-OH is 13. The van der Waals surface area contributed by atoms with Crippen LogP contribution in [0.4, 0.5) is 5.69 Å². The zero-order chi connectivity index (χ0) is 100. The number of hydroxylamine groups is 2. The van der Waals surface area contributed by atoms with Crippen LogP contribution >= 0.6 is 43.2 Å². The summed E-state index contributed by atoms with van der Waals surface area (Å²) in [5.74, 6) is 36.8. The predicted octanol–water partition coefficient (Wildman–Crippen LogP) is 10.2. The number of hydrogen-bond donors (Lipinski definition) is 13. The lowest BCUT2D eigenvalue weighted by molar-refractivity contribution is -0.304. The number of anilines is 1. The maximum Gasteiger partial charge on any atom is 0.148 e. The van der Waals surface area contributed by atoms with Crippen LogP contribution in [-0.4, -0.2) is 281 Å². The predicted molar refractivity (Wildman–Crippen MR) is 545 cm³/mol. The van der Waals surface area contributed by atoms with Gasteiger partial charge in [-0.3, -0.25) is 14.6 Å². The summed E-state index contributed by atoms with van der Waals surface area (Å²) < 4.78 is 25.0. The Bertz CT molecular complexity index is 3790. The Morgan fingerprint density at radius 3 is 1.21 bits per heavy atom. The van der Waals surface area contributed by atoms with Crippen molar-refractivity contribution in [2.24, 2.45) is 0 Å². The van der Waals surface area contributed by atoms with Crippen LogP contribution < -0.4 is 9.64 Å². The second kappa shape index (κ2) is 111. The standard InChI is InChI=1S/C18H29NO2.C13H13NO.C12H14O2S2.C10H15NO2.C10H10O2.C7H12O2.C6H11NO.C6H10O.C5H8O2.C5H8OS2.C5H8O.C4H6O.C3H4O/c1-14(16-9-7-15(13-20)8-10-16)21-19-17(2,3)11-6-12-18(19,4)5;1-3-9-14(10-4-2)13-7-5-12(11-15)6-8-13;1-2-7-14-8-9-15-16-12-5-3-11(10-13)4-6-12;1-3-5-11(6-4-2)7-9-13-10-8-12;1-2-7-12-10-5-3-9(8-11)4-6-10;1-2-6-9-7-4-3-5-8;1-3-4-7(2)5-6-8;1-2-3-4-5-6-7;1-2-4-7-5-3-6;1-2-4-7-8-5-3-6;1-2-3-4-5-6;1-2-3-4-5;1-2-3-4/h7-10,14,20H,6,11-13H2,1-5H3;1-2,5-8,15H,9-11H2;1,3-6,13H,7-10H2;1-2,12H,5-10H2;1,3-6,11H,7-8H2;1,8H,3-7H2;1,8H,4-6H2,2H3;1,7H,3-6H2;1,6H,3-5H2;1,6H,3-5H2;1,6H,3-5H2;1,5H,3-4H2;1,4H,3H2. The Labute approximate surface area is 804 Å². The molecule has 4 aromatic carbocycles. The van der Waals surface area contributed by atoms with Gasteiger partial charge in [-0.1, -0.05) is 169 Å². The molecule has 27 heteroatoms. The summed E-state index contributed by atoms with van der Waals surface area (Å²) >= 11 is 0. The number of ether oxygens (including phenoxy) is 5. The van der Waals surface area contributed by atoms with Crippen molar-refractivity contribution in [1.82, 2.24) is 14.9 Å². The van der Waals surface area contributed by atoms with Gasteiger partial charge in [-0.15, -0.1) is 108 Å². The minimum atomic E-state index is -0.153. The molecule has 0 aliphatic carbocycles. The molecule has 722 valence electrons. The van der Waals surface area contributed by atoms with Gasteiger partial charge in [0.2, 0.25) is 0 Å². The summed E-state index contributed by atoms with van der Waals surface area (Å²) in [4.78, 5) is 13.3. The van der Waals surface area contributed by atoms with Gasteiger partial charge in [-0.05, 0) is 157 Å². The van der Waals surface area contributed by atoms with Crippen molar-refractivity contribution >= 4 is 48.9 Å². The first kappa shape index (κ1) is 137. The van der Waals surface area contributed by atoms with E-state index in [0.29, 0.717) is 112 Å². The minimum Gasteiger partial charge on any atom is -0.481 e. The fraction of sp³-hybridized carbons (Fsp3) is 0.500. The first-order valence-electron chi connectivity index (χ1n) is 41.8. The van der Waals surface area contributed by atoms with Crippen LogP contribution in [0.25, 0.3) is 0 Å². The van der Waals surface area contributed by atoms with Gasteiger partial charge in [0.05, 0.1) is 124 Å². The molecule has 1 fully saturated rings. The highest BCUT2D eigenvalue weighted by Crippen LogP contribution is 2.40. The van der Waals surface area contributed by atoms with E-state index in [2.05, 4.69) is 128 Å². The van der Waals surface area contributed by atoms with Crippen LogP contribution in [0, 0.1) is 173 Å². The molecule has 23 nitrogen and oxygen atoms in total. The molecule has 0 saturated carbocycles. The number of aliphatic hydroxyl groups is 13. The molecule has 0 amide bonds. The van der Waals surface area contributed by atoms with E-state index in [4.69, 9.17) is 174 Å². The molecule has 1 saturated heterocycles. The highest BCUT2D eigenvalue weighted by Gasteiger charge is 2.43. The van der Waals surface area contributed by atoms with Crippen LogP contribution in [0.5, 0.6) is 5.75 Å². The fourth-order valence-corrected chi connectivity index (χ4v) is 12.3. The van der Waals surface area contributed by atoms with Crippen molar-refractivity contribution in [3.8, 4) is 179 Å². The molecule has 1 aliphatic rings. The van der Waals surface area contributed by atoms with Gasteiger partial charge >= 0.3 is 0 Å². The SMILES string of the molecule is C#CCCCCO.C#CCCCO.C#CCCO.C#CCN(C)CCO.C#CCN(CC#C)CCOCCO.C#CCN(CC#C)c1ccc(CO)cc1.C#CCO.C#CCOCCCCO.C#CCOCCO.C#CCOCCSSc1ccc(CO)cc1.C#CCOc1ccc(CO)cc1.C#CCSSCCO.CC(ON1C(C)(C)CCCC1(C)C)c1ccc(CO)cc1. The number of piperidine rings is 1. The molecule has 5 rings (SSSR count). The topological polar surface area (TPSA) is 331 Å². The molecule has 0 spiro atoms. The third-order valence-electron chi connectivity index (χ3n) is 15.3. The highest BCUT2D eigenvalue weighted by molar-refractivity contribution is 8.77. The van der Waals surface area contributed by atoms with Crippen molar-refractivity contribution in [2.75, 3.05) is 194 Å². The van der Waals surface area contributed by atoms with Gasteiger partial charge in [0.15, 0.2) is 0 Å². The number of unbranched alkanes of at least 4 members (excludes halogenated alkanes) is 4. The summed E-state index contributed by atoms with van der Waals surface area (Å²) in [7, 11) is 8.50. The number of hydrogen-bond acceptors (Lipinski definition) is 27. The molecule has 1 heterocycles. The summed E-state index contributed by atoms with van der Waals surface area (Å²) in [6.45, 7) is 20.5. The van der Waals surface area contributed by atoms with Crippen LogP contribution in [0.15, 0.2) is 102 Å².